The van der Waals surface area contributed by atoms with Gasteiger partial charge in [0.2, 0.25) is 0 Å². The highest BCUT2D eigenvalue weighted by Gasteiger charge is 2.23. The standard InChI is InChI=1S/C17H20N4O4/c1-19(2)18-10-13-14(16(23)25-4)15(22)21(17(24)20(13)3)11-12-8-6-5-7-9-12/h5-10H,11H2,1-4H3/b18-10+. The third kappa shape index (κ3) is 3.85. The Morgan fingerprint density at radius 1 is 1.24 bits per heavy atom. The van der Waals surface area contributed by atoms with Gasteiger partial charge in [-0.2, -0.15) is 5.10 Å². The van der Waals surface area contributed by atoms with Crippen molar-refractivity contribution < 1.29 is 9.53 Å². The third-order valence-corrected chi connectivity index (χ3v) is 3.58. The Labute approximate surface area is 144 Å². The summed E-state index contributed by atoms with van der Waals surface area (Å²) in [6.45, 7) is 0.0570. The van der Waals surface area contributed by atoms with Gasteiger partial charge >= 0.3 is 11.7 Å². The molecule has 0 unspecified atom stereocenters. The smallest absolute Gasteiger partial charge is 0.345 e. The average molecular weight is 344 g/mol. The predicted molar refractivity (Wildman–Crippen MR) is 94.1 cm³/mol. The second-order valence-corrected chi connectivity index (χ2v) is 5.56. The minimum Gasteiger partial charge on any atom is -0.465 e. The number of esters is 1. The molecule has 2 rings (SSSR count). The summed E-state index contributed by atoms with van der Waals surface area (Å²) in [5, 5.41) is 5.51. The summed E-state index contributed by atoms with van der Waals surface area (Å²) in [4.78, 5) is 37.5. The van der Waals surface area contributed by atoms with E-state index >= 15 is 0 Å². The first-order valence-corrected chi connectivity index (χ1v) is 7.54. The molecule has 0 spiro atoms. The van der Waals surface area contributed by atoms with E-state index in [4.69, 9.17) is 4.74 Å². The highest BCUT2D eigenvalue weighted by atomic mass is 16.5. The van der Waals surface area contributed by atoms with Crippen LogP contribution in [0, 0.1) is 0 Å². The van der Waals surface area contributed by atoms with Gasteiger partial charge in [-0.25, -0.2) is 9.59 Å². The fraction of sp³-hybridized carbons (Fsp3) is 0.294. The zero-order chi connectivity index (χ0) is 18.6. The third-order valence-electron chi connectivity index (χ3n) is 3.58. The lowest BCUT2D eigenvalue weighted by atomic mass is 10.2. The molecule has 0 fully saturated rings. The number of ether oxygens (including phenoxy) is 1. The number of carbonyl (C=O) groups is 1. The molecule has 1 heterocycles. The van der Waals surface area contributed by atoms with Crippen molar-refractivity contribution in [2.45, 2.75) is 6.54 Å². The molecular weight excluding hydrogens is 324 g/mol. The normalized spacial score (nSPS) is 10.9. The quantitative estimate of drug-likeness (QED) is 0.442. The van der Waals surface area contributed by atoms with Gasteiger partial charge in [0.1, 0.15) is 0 Å². The maximum absolute atomic E-state index is 12.8. The molecule has 0 aliphatic rings. The molecule has 8 nitrogen and oxygen atoms in total. The number of rotatable bonds is 5. The lowest BCUT2D eigenvalue weighted by Crippen LogP contribution is -2.44. The van der Waals surface area contributed by atoms with Crippen molar-refractivity contribution in [2.24, 2.45) is 12.1 Å². The van der Waals surface area contributed by atoms with E-state index in [9.17, 15) is 14.4 Å². The number of hydrogen-bond acceptors (Lipinski definition) is 6. The topological polar surface area (TPSA) is 85.9 Å². The average Bonchev–Trinajstić information content (AvgIpc) is 2.60. The summed E-state index contributed by atoms with van der Waals surface area (Å²) < 4.78 is 6.94. The molecule has 8 heteroatoms. The van der Waals surface area contributed by atoms with Crippen LogP contribution in [0.25, 0.3) is 0 Å². The summed E-state index contributed by atoms with van der Waals surface area (Å²) >= 11 is 0. The zero-order valence-electron chi connectivity index (χ0n) is 14.6. The van der Waals surface area contributed by atoms with Crippen molar-refractivity contribution in [1.82, 2.24) is 14.1 Å². The molecule has 0 amide bonds. The largest absolute Gasteiger partial charge is 0.465 e. The summed E-state index contributed by atoms with van der Waals surface area (Å²) in [6.07, 6.45) is 1.29. The van der Waals surface area contributed by atoms with Crippen molar-refractivity contribution in [3.63, 3.8) is 0 Å². The number of methoxy groups -OCH3 is 1. The molecule has 132 valence electrons. The van der Waals surface area contributed by atoms with Crippen molar-refractivity contribution in [2.75, 3.05) is 21.2 Å². The molecule has 0 atom stereocenters. The number of hydrogen-bond donors (Lipinski definition) is 0. The van der Waals surface area contributed by atoms with Gasteiger partial charge in [-0.3, -0.25) is 13.9 Å². The van der Waals surface area contributed by atoms with Gasteiger partial charge in [0.15, 0.2) is 5.56 Å². The van der Waals surface area contributed by atoms with Crippen molar-refractivity contribution in [1.29, 1.82) is 0 Å². The lowest BCUT2D eigenvalue weighted by Gasteiger charge is -2.14. The summed E-state index contributed by atoms with van der Waals surface area (Å²) in [7, 11) is 6.03. The Hall–Kier alpha value is -3.16. The van der Waals surface area contributed by atoms with Gasteiger partial charge in [0, 0.05) is 21.1 Å². The van der Waals surface area contributed by atoms with E-state index in [0.717, 1.165) is 10.1 Å². The van der Waals surface area contributed by atoms with Crippen LogP contribution in [0.3, 0.4) is 0 Å². The van der Waals surface area contributed by atoms with Crippen LogP contribution in [0.15, 0.2) is 45.0 Å². The van der Waals surface area contributed by atoms with Gasteiger partial charge in [-0.05, 0) is 5.56 Å². The van der Waals surface area contributed by atoms with Crippen LogP contribution in [-0.4, -0.2) is 47.5 Å². The van der Waals surface area contributed by atoms with Gasteiger partial charge in [-0.15, -0.1) is 0 Å². The first-order valence-electron chi connectivity index (χ1n) is 7.54. The van der Waals surface area contributed by atoms with Gasteiger partial charge in [0.05, 0.1) is 25.6 Å². The minimum atomic E-state index is -0.817. The van der Waals surface area contributed by atoms with E-state index in [2.05, 4.69) is 5.10 Å². The minimum absolute atomic E-state index is 0.0570. The maximum atomic E-state index is 12.8. The van der Waals surface area contributed by atoms with Crippen LogP contribution < -0.4 is 11.2 Å². The zero-order valence-corrected chi connectivity index (χ0v) is 14.6. The van der Waals surface area contributed by atoms with Crippen LogP contribution in [-0.2, 0) is 18.3 Å². The number of nitrogens with zero attached hydrogens (tertiary/aromatic N) is 4. The molecular formula is C17H20N4O4. The first kappa shape index (κ1) is 18.2. The van der Waals surface area contributed by atoms with E-state index in [1.54, 1.807) is 26.2 Å². The Balaban J connectivity index is 2.72. The Kier molecular flexibility index (Phi) is 5.53. The van der Waals surface area contributed by atoms with Gasteiger partial charge in [-0.1, -0.05) is 30.3 Å². The lowest BCUT2D eigenvalue weighted by molar-refractivity contribution is 0.0596. The van der Waals surface area contributed by atoms with E-state index < -0.39 is 17.2 Å². The van der Waals surface area contributed by atoms with Crippen molar-refractivity contribution in [3.8, 4) is 0 Å². The van der Waals surface area contributed by atoms with E-state index in [0.29, 0.717) is 0 Å². The fourth-order valence-corrected chi connectivity index (χ4v) is 2.30. The molecule has 0 bridgehead atoms. The molecule has 1 aromatic carbocycles. The molecule has 25 heavy (non-hydrogen) atoms. The SMILES string of the molecule is COC(=O)c1c(/C=N/N(C)C)n(C)c(=O)n(Cc2ccccc2)c1=O. The highest BCUT2D eigenvalue weighted by molar-refractivity contribution is 5.97. The molecule has 0 saturated heterocycles. The highest BCUT2D eigenvalue weighted by Crippen LogP contribution is 2.04. The van der Waals surface area contributed by atoms with E-state index in [1.165, 1.54) is 29.9 Å². The van der Waals surface area contributed by atoms with Crippen LogP contribution >= 0.6 is 0 Å². The van der Waals surface area contributed by atoms with Crippen molar-refractivity contribution in [3.05, 3.63) is 68.0 Å². The molecule has 0 N–H and O–H groups in total. The Morgan fingerprint density at radius 2 is 1.88 bits per heavy atom. The number of aromatic nitrogens is 2. The second kappa shape index (κ2) is 7.61. The predicted octanol–water partition coefficient (Wildman–Crippen LogP) is 0.277. The summed E-state index contributed by atoms with van der Waals surface area (Å²) in [5.74, 6) is -0.817. The Bertz CT molecular complexity index is 911. The fourth-order valence-electron chi connectivity index (χ4n) is 2.30. The second-order valence-electron chi connectivity index (χ2n) is 5.56. The first-order chi connectivity index (χ1) is 11.9. The monoisotopic (exact) mass is 344 g/mol. The van der Waals surface area contributed by atoms with Crippen LogP contribution in [0.2, 0.25) is 0 Å². The molecule has 0 saturated carbocycles. The van der Waals surface area contributed by atoms with Gasteiger partial charge < -0.3 is 9.75 Å². The van der Waals surface area contributed by atoms with Crippen molar-refractivity contribution >= 4 is 12.2 Å². The van der Waals surface area contributed by atoms with E-state index in [-0.39, 0.29) is 17.8 Å². The molecule has 2 aromatic rings. The molecule has 0 radical (unpaired) electrons. The number of hydrazone groups is 1. The number of benzene rings is 1. The molecule has 0 aliphatic carbocycles. The molecule has 0 aliphatic heterocycles. The Morgan fingerprint density at radius 3 is 2.44 bits per heavy atom. The van der Waals surface area contributed by atoms with Crippen LogP contribution in [0.4, 0.5) is 0 Å². The maximum Gasteiger partial charge on any atom is 0.345 e. The summed E-state index contributed by atoms with van der Waals surface area (Å²) in [6, 6.07) is 9.05. The van der Waals surface area contributed by atoms with Crippen LogP contribution in [0.5, 0.6) is 0 Å². The number of carbonyl (C=O) groups excluding carboxylic acids is 1. The van der Waals surface area contributed by atoms with Gasteiger partial charge in [0.25, 0.3) is 5.56 Å². The van der Waals surface area contributed by atoms with E-state index in [1.807, 2.05) is 18.2 Å². The molecule has 1 aromatic heterocycles. The van der Waals surface area contributed by atoms with Crippen LogP contribution in [0.1, 0.15) is 21.6 Å². The summed E-state index contributed by atoms with van der Waals surface area (Å²) in [5.41, 5.74) is -0.612.